The molecule has 12 heavy (non-hydrogen) atoms. The molecule has 0 saturated carbocycles. The van der Waals surface area contributed by atoms with Crippen LogP contribution in [0.1, 0.15) is 20.8 Å². The largest absolute Gasteiger partial charge is 0.370 e. The number of allylic oxidation sites excluding steroid dienone is 1. The third-order valence-electron chi connectivity index (χ3n) is 1.66. The van der Waals surface area contributed by atoms with E-state index in [-0.39, 0.29) is 11.4 Å². The van der Waals surface area contributed by atoms with Crippen molar-refractivity contribution in [3.05, 3.63) is 11.8 Å². The molecule has 0 spiro atoms. The van der Waals surface area contributed by atoms with Gasteiger partial charge in [0.1, 0.15) is 6.23 Å². The molecule has 0 fully saturated rings. The van der Waals surface area contributed by atoms with Gasteiger partial charge in [-0.2, -0.15) is 0 Å². The van der Waals surface area contributed by atoms with E-state index < -0.39 is 6.23 Å². The highest BCUT2D eigenvalue weighted by Gasteiger charge is 2.24. The van der Waals surface area contributed by atoms with Gasteiger partial charge in [0.05, 0.1) is 0 Å². The van der Waals surface area contributed by atoms with Crippen molar-refractivity contribution in [3.63, 3.8) is 0 Å². The third kappa shape index (κ3) is 1.98. The van der Waals surface area contributed by atoms with Gasteiger partial charge in [0.25, 0.3) is 0 Å². The van der Waals surface area contributed by atoms with Crippen LogP contribution in [0.5, 0.6) is 0 Å². The van der Waals surface area contributed by atoms with E-state index in [1.165, 1.54) is 0 Å². The number of carbonyl (C=O) groups excluding carboxylic acids is 1. The Bertz CT molecular complexity index is 228. The molecule has 0 saturated heterocycles. The summed E-state index contributed by atoms with van der Waals surface area (Å²) in [6.45, 7) is 5.91. The quantitative estimate of drug-likeness (QED) is 0.497. The van der Waals surface area contributed by atoms with Crippen molar-refractivity contribution in [3.8, 4) is 0 Å². The molecule has 1 atom stereocenters. The number of aliphatic hydroxyl groups is 1. The van der Waals surface area contributed by atoms with E-state index in [0.29, 0.717) is 0 Å². The topological polar surface area (TPSA) is 61.4 Å². The number of amides is 2. The van der Waals surface area contributed by atoms with E-state index in [1.54, 1.807) is 6.08 Å². The second-order valence-corrected chi connectivity index (χ2v) is 3.87. The Hall–Kier alpha value is -1.03. The van der Waals surface area contributed by atoms with Crippen LogP contribution in [0.3, 0.4) is 0 Å². The van der Waals surface area contributed by atoms with Crippen LogP contribution in [-0.2, 0) is 0 Å². The third-order valence-corrected chi connectivity index (χ3v) is 1.66. The van der Waals surface area contributed by atoms with Gasteiger partial charge in [-0.1, -0.05) is 20.8 Å². The first-order valence-electron chi connectivity index (χ1n) is 3.87. The van der Waals surface area contributed by atoms with Crippen LogP contribution in [0.15, 0.2) is 11.8 Å². The number of carbonyl (C=O) groups is 1. The summed E-state index contributed by atoms with van der Waals surface area (Å²) >= 11 is 0. The minimum atomic E-state index is -0.868. The average Bonchev–Trinajstić information content (AvgIpc) is 1.82. The molecule has 1 aliphatic rings. The van der Waals surface area contributed by atoms with Crippen LogP contribution < -0.4 is 10.6 Å². The molecule has 0 aromatic carbocycles. The maximum absolute atomic E-state index is 10.9. The first-order valence-corrected chi connectivity index (χ1v) is 3.87. The van der Waals surface area contributed by atoms with Crippen LogP contribution in [0.4, 0.5) is 4.79 Å². The van der Waals surface area contributed by atoms with Crippen LogP contribution in [0.25, 0.3) is 0 Å². The molecule has 3 N–H and O–H groups in total. The van der Waals surface area contributed by atoms with Gasteiger partial charge < -0.3 is 15.7 Å². The zero-order valence-corrected chi connectivity index (χ0v) is 7.51. The molecule has 0 bridgehead atoms. The summed E-state index contributed by atoms with van der Waals surface area (Å²) in [5, 5.41) is 14.1. The Morgan fingerprint density at radius 2 is 2.08 bits per heavy atom. The molecule has 68 valence electrons. The summed E-state index contributed by atoms with van der Waals surface area (Å²) in [6, 6.07) is -0.352. The Morgan fingerprint density at radius 3 is 2.50 bits per heavy atom. The Kier molecular flexibility index (Phi) is 2.10. The summed E-state index contributed by atoms with van der Waals surface area (Å²) in [6.07, 6.45) is 0.731. The predicted octanol–water partition coefficient (Wildman–Crippen LogP) is 0.548. The molecule has 4 nitrogen and oxygen atoms in total. The monoisotopic (exact) mass is 170 g/mol. The number of aliphatic hydroxyl groups excluding tert-OH is 1. The van der Waals surface area contributed by atoms with Crippen molar-refractivity contribution in [2.45, 2.75) is 27.0 Å². The van der Waals surface area contributed by atoms with Crippen molar-refractivity contribution in [1.82, 2.24) is 10.6 Å². The van der Waals surface area contributed by atoms with Crippen molar-refractivity contribution >= 4 is 6.03 Å². The Morgan fingerprint density at radius 1 is 1.50 bits per heavy atom. The molecule has 1 heterocycles. The molecule has 0 aliphatic carbocycles. The lowest BCUT2D eigenvalue weighted by Crippen LogP contribution is -2.48. The van der Waals surface area contributed by atoms with Crippen LogP contribution in [0, 0.1) is 5.41 Å². The molecule has 0 aromatic rings. The zero-order valence-electron chi connectivity index (χ0n) is 7.51. The van der Waals surface area contributed by atoms with Gasteiger partial charge >= 0.3 is 6.03 Å². The summed E-state index contributed by atoms with van der Waals surface area (Å²) < 4.78 is 0. The van der Waals surface area contributed by atoms with Gasteiger partial charge in [0.2, 0.25) is 0 Å². The second-order valence-electron chi connectivity index (χ2n) is 3.87. The summed E-state index contributed by atoms with van der Waals surface area (Å²) in [4.78, 5) is 10.9. The summed E-state index contributed by atoms with van der Waals surface area (Å²) in [5.74, 6) is 0. The lowest BCUT2D eigenvalue weighted by molar-refractivity contribution is 0.168. The van der Waals surface area contributed by atoms with E-state index in [4.69, 9.17) is 5.11 Å². The maximum atomic E-state index is 10.9. The second kappa shape index (κ2) is 2.79. The zero-order chi connectivity index (χ0) is 9.35. The highest BCUT2D eigenvalue weighted by Crippen LogP contribution is 2.23. The first kappa shape index (κ1) is 9.06. The Balaban J connectivity index is 2.84. The fourth-order valence-electron chi connectivity index (χ4n) is 0.971. The summed E-state index contributed by atoms with van der Waals surface area (Å²) in [7, 11) is 0. The first-order chi connectivity index (χ1) is 5.39. The number of rotatable bonds is 0. The van der Waals surface area contributed by atoms with Crippen LogP contribution in [0.2, 0.25) is 0 Å². The molecular formula is C8H14N2O2. The standard InChI is InChI=1S/C8H14N2O2/c1-8(2,3)5-4-6(11)10-7(12)9-5/h4,6,11H,1-3H3,(H2,9,10,12). The van der Waals surface area contributed by atoms with Crippen molar-refractivity contribution < 1.29 is 9.90 Å². The van der Waals surface area contributed by atoms with Gasteiger partial charge in [-0.3, -0.25) is 0 Å². The fraction of sp³-hybridized carbons (Fsp3) is 0.625. The van der Waals surface area contributed by atoms with E-state index in [0.717, 1.165) is 5.70 Å². The maximum Gasteiger partial charge on any atom is 0.321 e. The molecular weight excluding hydrogens is 156 g/mol. The van der Waals surface area contributed by atoms with Crippen LogP contribution >= 0.6 is 0 Å². The van der Waals surface area contributed by atoms with E-state index in [9.17, 15) is 4.79 Å². The molecule has 0 radical (unpaired) electrons. The van der Waals surface area contributed by atoms with Gasteiger partial charge in [0.15, 0.2) is 0 Å². The lowest BCUT2D eigenvalue weighted by atomic mass is 9.91. The predicted molar refractivity (Wildman–Crippen MR) is 45.2 cm³/mol. The molecule has 1 rings (SSSR count). The molecule has 0 aromatic heterocycles. The molecule has 4 heteroatoms. The van der Waals surface area contributed by atoms with Crippen molar-refractivity contribution in [1.29, 1.82) is 0 Å². The Labute approximate surface area is 71.7 Å². The van der Waals surface area contributed by atoms with Gasteiger partial charge in [-0.25, -0.2) is 4.79 Å². The minimum absolute atomic E-state index is 0.140. The molecule has 2 amide bonds. The fourth-order valence-corrected chi connectivity index (χ4v) is 0.971. The number of hydrogen-bond acceptors (Lipinski definition) is 2. The van der Waals surface area contributed by atoms with Crippen molar-refractivity contribution in [2.75, 3.05) is 0 Å². The molecule has 1 aliphatic heterocycles. The van der Waals surface area contributed by atoms with E-state index in [1.807, 2.05) is 20.8 Å². The van der Waals surface area contributed by atoms with Gasteiger partial charge in [-0.15, -0.1) is 0 Å². The van der Waals surface area contributed by atoms with Crippen molar-refractivity contribution in [2.24, 2.45) is 5.41 Å². The number of nitrogens with one attached hydrogen (secondary N) is 2. The highest BCUT2D eigenvalue weighted by atomic mass is 16.3. The number of urea groups is 1. The normalized spacial score (nSPS) is 24.2. The molecule has 1 unspecified atom stereocenters. The lowest BCUT2D eigenvalue weighted by Gasteiger charge is -2.28. The number of hydrogen-bond donors (Lipinski definition) is 3. The van der Waals surface area contributed by atoms with E-state index >= 15 is 0 Å². The SMILES string of the molecule is CC(C)(C)C1=CC(O)NC(=O)N1. The summed E-state index contributed by atoms with van der Waals surface area (Å²) in [5.41, 5.74) is 0.609. The van der Waals surface area contributed by atoms with E-state index in [2.05, 4.69) is 10.6 Å². The average molecular weight is 170 g/mol. The minimum Gasteiger partial charge on any atom is -0.370 e. The van der Waals surface area contributed by atoms with Gasteiger partial charge in [0, 0.05) is 11.1 Å². The smallest absolute Gasteiger partial charge is 0.321 e. The van der Waals surface area contributed by atoms with Crippen LogP contribution in [-0.4, -0.2) is 17.4 Å². The highest BCUT2D eigenvalue weighted by molar-refractivity contribution is 5.77. The van der Waals surface area contributed by atoms with Gasteiger partial charge in [-0.05, 0) is 6.08 Å².